The largest absolute Gasteiger partial charge is 0.352 e. The first-order valence-electron chi connectivity index (χ1n) is 11.4. The standard InChI is InChI=1S/C24H29N5OS/c1-2-20-26-22(21-18-10-6-7-11-19(18)31-23(21)27-20)28-12-14-29(15-13-28)24(30)25-16-17-8-4-3-5-9-17/h3-5,8-9H,2,6-7,10-16H2,1H3,(H,25,30). The number of hydrogen-bond donors (Lipinski definition) is 1. The number of aromatic nitrogens is 2. The van der Waals surface area contributed by atoms with Gasteiger partial charge in [-0.05, 0) is 36.8 Å². The lowest BCUT2D eigenvalue weighted by Gasteiger charge is -2.36. The molecule has 2 aromatic heterocycles. The number of carbonyl (C=O) groups excluding carboxylic acids is 1. The molecular formula is C24H29N5OS. The van der Waals surface area contributed by atoms with Crippen molar-refractivity contribution in [2.24, 2.45) is 0 Å². The van der Waals surface area contributed by atoms with Gasteiger partial charge >= 0.3 is 6.03 Å². The summed E-state index contributed by atoms with van der Waals surface area (Å²) in [5, 5.41) is 4.33. The van der Waals surface area contributed by atoms with E-state index in [0.717, 1.165) is 48.0 Å². The highest BCUT2D eigenvalue weighted by molar-refractivity contribution is 7.19. The van der Waals surface area contributed by atoms with Crippen molar-refractivity contribution in [3.63, 3.8) is 0 Å². The lowest BCUT2D eigenvalue weighted by Crippen LogP contribution is -2.52. The topological polar surface area (TPSA) is 61.4 Å². The average Bonchev–Trinajstić information content (AvgIpc) is 3.21. The van der Waals surface area contributed by atoms with E-state index in [-0.39, 0.29) is 6.03 Å². The summed E-state index contributed by atoms with van der Waals surface area (Å²) in [4.78, 5) is 29.4. The molecule has 0 spiro atoms. The van der Waals surface area contributed by atoms with E-state index in [1.165, 1.54) is 35.1 Å². The zero-order valence-corrected chi connectivity index (χ0v) is 18.9. The van der Waals surface area contributed by atoms with Crippen LogP contribution in [0, 0.1) is 0 Å². The number of aryl methyl sites for hydroxylation is 3. The average molecular weight is 436 g/mol. The van der Waals surface area contributed by atoms with Gasteiger partial charge in [-0.25, -0.2) is 14.8 Å². The Morgan fingerprint density at radius 3 is 2.61 bits per heavy atom. The summed E-state index contributed by atoms with van der Waals surface area (Å²) in [6.07, 6.45) is 5.68. The second-order valence-electron chi connectivity index (χ2n) is 8.33. The van der Waals surface area contributed by atoms with E-state index in [0.29, 0.717) is 19.6 Å². The van der Waals surface area contributed by atoms with Crippen LogP contribution in [-0.4, -0.2) is 47.1 Å². The number of thiophene rings is 1. The van der Waals surface area contributed by atoms with E-state index >= 15 is 0 Å². The van der Waals surface area contributed by atoms with Crippen LogP contribution in [0.5, 0.6) is 0 Å². The molecule has 3 aromatic rings. The van der Waals surface area contributed by atoms with E-state index < -0.39 is 0 Å². The van der Waals surface area contributed by atoms with Gasteiger partial charge in [0.1, 0.15) is 16.5 Å². The first-order valence-corrected chi connectivity index (χ1v) is 12.2. The number of rotatable bonds is 4. The fourth-order valence-corrected chi connectivity index (χ4v) is 5.85. The van der Waals surface area contributed by atoms with Crippen molar-refractivity contribution in [1.82, 2.24) is 20.2 Å². The van der Waals surface area contributed by atoms with Gasteiger partial charge in [-0.3, -0.25) is 0 Å². The molecule has 1 aliphatic heterocycles. The fourth-order valence-electron chi connectivity index (χ4n) is 4.57. The van der Waals surface area contributed by atoms with Crippen LogP contribution in [0.2, 0.25) is 0 Å². The molecule has 1 aromatic carbocycles. The monoisotopic (exact) mass is 435 g/mol. The minimum atomic E-state index is 0.0125. The van der Waals surface area contributed by atoms with Crippen LogP contribution in [0.25, 0.3) is 10.2 Å². The van der Waals surface area contributed by atoms with Gasteiger partial charge in [0.15, 0.2) is 0 Å². The van der Waals surface area contributed by atoms with E-state index in [4.69, 9.17) is 9.97 Å². The molecule has 1 aliphatic carbocycles. The lowest BCUT2D eigenvalue weighted by molar-refractivity contribution is 0.194. The molecule has 0 saturated carbocycles. The Morgan fingerprint density at radius 1 is 1.06 bits per heavy atom. The highest BCUT2D eigenvalue weighted by Gasteiger charge is 2.27. The number of piperazine rings is 1. The van der Waals surface area contributed by atoms with Crippen LogP contribution in [0.3, 0.4) is 0 Å². The van der Waals surface area contributed by atoms with E-state index in [1.54, 1.807) is 0 Å². The highest BCUT2D eigenvalue weighted by Crippen LogP contribution is 2.40. The Labute approximate surface area is 187 Å². The van der Waals surface area contributed by atoms with Gasteiger partial charge in [-0.1, -0.05) is 37.3 Å². The number of amides is 2. The molecule has 2 aliphatic rings. The number of nitrogens with one attached hydrogen (secondary N) is 1. The Balaban J connectivity index is 1.31. The Hall–Kier alpha value is -2.67. The van der Waals surface area contributed by atoms with Gasteiger partial charge in [0.25, 0.3) is 0 Å². The smallest absolute Gasteiger partial charge is 0.317 e. The molecular weight excluding hydrogens is 406 g/mol. The third kappa shape index (κ3) is 4.11. The quantitative estimate of drug-likeness (QED) is 0.668. The number of nitrogens with zero attached hydrogens (tertiary/aromatic N) is 4. The molecule has 1 saturated heterocycles. The van der Waals surface area contributed by atoms with Crippen molar-refractivity contribution in [1.29, 1.82) is 0 Å². The molecule has 5 rings (SSSR count). The maximum atomic E-state index is 12.6. The number of benzene rings is 1. The van der Waals surface area contributed by atoms with E-state index in [1.807, 2.05) is 46.6 Å². The first kappa shape index (κ1) is 20.2. The fraction of sp³-hybridized carbons (Fsp3) is 0.458. The van der Waals surface area contributed by atoms with Gasteiger partial charge in [0.05, 0.1) is 5.39 Å². The van der Waals surface area contributed by atoms with E-state index in [2.05, 4.69) is 17.1 Å². The normalized spacial score (nSPS) is 16.4. The number of anilines is 1. The second kappa shape index (κ2) is 8.83. The van der Waals surface area contributed by atoms with Crippen LogP contribution in [0.4, 0.5) is 10.6 Å². The maximum Gasteiger partial charge on any atom is 0.317 e. The van der Waals surface area contributed by atoms with Crippen LogP contribution < -0.4 is 10.2 Å². The lowest BCUT2D eigenvalue weighted by atomic mass is 9.97. The molecule has 0 bridgehead atoms. The van der Waals surface area contributed by atoms with Crippen molar-refractivity contribution >= 4 is 33.4 Å². The molecule has 7 heteroatoms. The molecule has 31 heavy (non-hydrogen) atoms. The van der Waals surface area contributed by atoms with Gasteiger partial charge in [0, 0.05) is 44.0 Å². The SMILES string of the molecule is CCc1nc(N2CCN(C(=O)NCc3ccccc3)CC2)c2c3c(sc2n1)CCCC3. The summed E-state index contributed by atoms with van der Waals surface area (Å²) in [5.74, 6) is 2.01. The molecule has 0 unspecified atom stereocenters. The maximum absolute atomic E-state index is 12.6. The third-order valence-electron chi connectivity index (χ3n) is 6.31. The molecule has 1 N–H and O–H groups in total. The number of fused-ring (bicyclic) bond motifs is 3. The van der Waals surface area contributed by atoms with Crippen LogP contribution in [0.1, 0.15) is 41.6 Å². The summed E-state index contributed by atoms with van der Waals surface area (Å²) in [7, 11) is 0. The van der Waals surface area contributed by atoms with Gasteiger partial charge < -0.3 is 15.1 Å². The first-order chi connectivity index (χ1) is 15.2. The Kier molecular flexibility index (Phi) is 5.76. The molecule has 162 valence electrons. The molecule has 3 heterocycles. The summed E-state index contributed by atoms with van der Waals surface area (Å²) in [6, 6.07) is 10.1. The summed E-state index contributed by atoms with van der Waals surface area (Å²) in [5.41, 5.74) is 2.60. The third-order valence-corrected chi connectivity index (χ3v) is 7.50. The molecule has 2 amide bonds. The van der Waals surface area contributed by atoms with Crippen molar-refractivity contribution in [2.75, 3.05) is 31.1 Å². The summed E-state index contributed by atoms with van der Waals surface area (Å²) in [6.45, 7) is 5.71. The van der Waals surface area contributed by atoms with Crippen molar-refractivity contribution in [3.05, 3.63) is 52.2 Å². The summed E-state index contributed by atoms with van der Waals surface area (Å²) < 4.78 is 0. The highest BCUT2D eigenvalue weighted by atomic mass is 32.1. The Morgan fingerprint density at radius 2 is 1.84 bits per heavy atom. The molecule has 0 radical (unpaired) electrons. The van der Waals surface area contributed by atoms with Gasteiger partial charge in [-0.2, -0.15) is 0 Å². The van der Waals surface area contributed by atoms with Crippen molar-refractivity contribution < 1.29 is 4.79 Å². The summed E-state index contributed by atoms with van der Waals surface area (Å²) >= 11 is 1.87. The number of urea groups is 1. The van der Waals surface area contributed by atoms with E-state index in [9.17, 15) is 4.79 Å². The zero-order valence-electron chi connectivity index (χ0n) is 18.1. The predicted molar refractivity (Wildman–Crippen MR) is 126 cm³/mol. The number of hydrogen-bond acceptors (Lipinski definition) is 5. The predicted octanol–water partition coefficient (Wildman–Crippen LogP) is 4.16. The zero-order chi connectivity index (χ0) is 21.2. The van der Waals surface area contributed by atoms with Gasteiger partial charge in [0.2, 0.25) is 0 Å². The molecule has 1 fully saturated rings. The van der Waals surface area contributed by atoms with Crippen LogP contribution >= 0.6 is 11.3 Å². The Bertz CT molecular complexity index is 1070. The number of carbonyl (C=O) groups is 1. The molecule has 0 atom stereocenters. The van der Waals surface area contributed by atoms with Crippen LogP contribution in [0.15, 0.2) is 30.3 Å². The van der Waals surface area contributed by atoms with Crippen molar-refractivity contribution in [2.45, 2.75) is 45.6 Å². The van der Waals surface area contributed by atoms with Crippen molar-refractivity contribution in [3.8, 4) is 0 Å². The van der Waals surface area contributed by atoms with Gasteiger partial charge in [-0.15, -0.1) is 11.3 Å². The van der Waals surface area contributed by atoms with Crippen LogP contribution in [-0.2, 0) is 25.8 Å². The minimum Gasteiger partial charge on any atom is -0.352 e. The minimum absolute atomic E-state index is 0.0125. The molecule has 6 nitrogen and oxygen atoms in total. The second-order valence-corrected chi connectivity index (χ2v) is 9.41.